The summed E-state index contributed by atoms with van der Waals surface area (Å²) in [4.78, 5) is -0.453. The maximum absolute atomic E-state index is 13.4. The van der Waals surface area contributed by atoms with Crippen molar-refractivity contribution in [2.45, 2.75) is 31.6 Å². The summed E-state index contributed by atoms with van der Waals surface area (Å²) < 4.78 is 13.4. The predicted molar refractivity (Wildman–Crippen MR) is 101 cm³/mol. The summed E-state index contributed by atoms with van der Waals surface area (Å²) in [7, 11) is 0. The van der Waals surface area contributed by atoms with Crippen molar-refractivity contribution in [3.63, 3.8) is 0 Å². The lowest BCUT2D eigenvalue weighted by Gasteiger charge is -2.12. The molecule has 3 rings (SSSR count). The number of rotatable bonds is 4. The second kappa shape index (κ2) is 6.09. The van der Waals surface area contributed by atoms with E-state index in [1.165, 1.54) is 17.2 Å². The van der Waals surface area contributed by atoms with Crippen LogP contribution in [0.15, 0.2) is 48.7 Å². The molecule has 24 heavy (non-hydrogen) atoms. The fourth-order valence-corrected chi connectivity index (χ4v) is 3.97. The average molecular weight is 364 g/mol. The van der Waals surface area contributed by atoms with Gasteiger partial charge in [0.25, 0.3) is 0 Å². The fraction of sp³-hybridized carbons (Fsp3) is 0.300. The van der Waals surface area contributed by atoms with Gasteiger partial charge in [-0.25, -0.2) is 4.39 Å². The van der Waals surface area contributed by atoms with Crippen molar-refractivity contribution >= 4 is 28.9 Å². The Morgan fingerprint density at radius 2 is 1.88 bits per heavy atom. The van der Waals surface area contributed by atoms with E-state index in [1.54, 1.807) is 12.1 Å². The van der Waals surface area contributed by atoms with Gasteiger partial charge in [-0.2, -0.15) is 0 Å². The fourth-order valence-electron chi connectivity index (χ4n) is 3.33. The first-order valence-corrected chi connectivity index (χ1v) is 8.64. The van der Waals surface area contributed by atoms with Crippen LogP contribution in [0.1, 0.15) is 29.5 Å². The number of nitrogens with one attached hydrogen (secondary N) is 1. The number of allylic oxidation sites excluding steroid dienone is 1. The van der Waals surface area contributed by atoms with Crippen molar-refractivity contribution in [1.82, 2.24) is 0 Å². The highest BCUT2D eigenvalue weighted by Crippen LogP contribution is 2.64. The predicted octanol–water partition coefficient (Wildman–Crippen LogP) is 6.43. The summed E-state index contributed by atoms with van der Waals surface area (Å²) in [5.74, 6) is -0.299. The Hall–Kier alpha value is -1.51. The topological polar surface area (TPSA) is 12.0 Å². The van der Waals surface area contributed by atoms with Crippen molar-refractivity contribution < 1.29 is 4.39 Å². The SMILES string of the molecule is C=C(Nc1ccc(C)c(C)c1)C1C(c2ccc(F)c(Cl)c2)C1(C)Cl. The van der Waals surface area contributed by atoms with Crippen LogP contribution in [0.25, 0.3) is 0 Å². The number of aryl methyl sites for hydroxylation is 2. The molecule has 4 heteroatoms. The number of hydrogen-bond donors (Lipinski definition) is 1. The molecule has 1 nitrogen and oxygen atoms in total. The lowest BCUT2D eigenvalue weighted by Crippen LogP contribution is -2.05. The first-order valence-electron chi connectivity index (χ1n) is 7.88. The Labute approximate surface area is 152 Å². The van der Waals surface area contributed by atoms with Crippen molar-refractivity contribution in [2.75, 3.05) is 5.32 Å². The van der Waals surface area contributed by atoms with Gasteiger partial charge < -0.3 is 5.32 Å². The third kappa shape index (κ3) is 3.05. The van der Waals surface area contributed by atoms with Crippen LogP contribution in [0.2, 0.25) is 5.02 Å². The van der Waals surface area contributed by atoms with Crippen LogP contribution in [0, 0.1) is 25.6 Å². The van der Waals surface area contributed by atoms with Crippen molar-refractivity contribution in [3.05, 3.63) is 76.2 Å². The van der Waals surface area contributed by atoms with Gasteiger partial charge in [-0.05, 0) is 61.7 Å². The molecule has 0 aromatic heterocycles. The van der Waals surface area contributed by atoms with Crippen LogP contribution < -0.4 is 5.32 Å². The van der Waals surface area contributed by atoms with Crippen LogP contribution in [0.4, 0.5) is 10.1 Å². The number of alkyl halides is 1. The van der Waals surface area contributed by atoms with Crippen molar-refractivity contribution in [2.24, 2.45) is 5.92 Å². The zero-order valence-electron chi connectivity index (χ0n) is 14.0. The van der Waals surface area contributed by atoms with Gasteiger partial charge in [0.05, 0.1) is 9.90 Å². The van der Waals surface area contributed by atoms with Gasteiger partial charge in [0.2, 0.25) is 0 Å². The molecule has 3 unspecified atom stereocenters. The summed E-state index contributed by atoms with van der Waals surface area (Å²) in [6, 6.07) is 11.0. The van der Waals surface area contributed by atoms with Gasteiger partial charge in [-0.15, -0.1) is 11.6 Å². The third-order valence-corrected chi connectivity index (χ3v) is 5.69. The molecule has 0 aliphatic heterocycles. The monoisotopic (exact) mass is 363 g/mol. The van der Waals surface area contributed by atoms with Crippen LogP contribution in [-0.2, 0) is 0 Å². The molecule has 0 saturated heterocycles. The standard InChI is InChI=1S/C20H20Cl2FN/c1-11-5-7-15(9-12(11)2)24-13(3)18-19(20(18,4)22)14-6-8-17(23)16(21)10-14/h5-10,18-19,24H,3H2,1-2,4H3. The van der Waals surface area contributed by atoms with Gasteiger partial charge in [-0.3, -0.25) is 0 Å². The van der Waals surface area contributed by atoms with Gasteiger partial charge in [0.1, 0.15) is 5.82 Å². The molecule has 0 radical (unpaired) electrons. The molecule has 0 bridgehead atoms. The summed E-state index contributed by atoms with van der Waals surface area (Å²) in [5.41, 5.74) is 5.27. The normalized spacial score (nSPS) is 25.4. The molecule has 0 heterocycles. The Morgan fingerprint density at radius 1 is 1.17 bits per heavy atom. The van der Waals surface area contributed by atoms with Gasteiger partial charge in [0.15, 0.2) is 0 Å². The third-order valence-electron chi connectivity index (χ3n) is 4.93. The summed E-state index contributed by atoms with van der Waals surface area (Å²) >= 11 is 12.6. The van der Waals surface area contributed by atoms with Gasteiger partial charge in [0, 0.05) is 23.2 Å². The van der Waals surface area contributed by atoms with Crippen LogP contribution in [0.5, 0.6) is 0 Å². The minimum absolute atomic E-state index is 0.0577. The average Bonchev–Trinajstić information content (AvgIpc) is 3.08. The first kappa shape index (κ1) is 17.3. The van der Waals surface area contributed by atoms with E-state index in [-0.39, 0.29) is 16.9 Å². The molecule has 2 aromatic rings. The van der Waals surface area contributed by atoms with E-state index < -0.39 is 10.7 Å². The largest absolute Gasteiger partial charge is 0.359 e. The summed E-state index contributed by atoms with van der Waals surface area (Å²) in [5, 5.41) is 3.49. The van der Waals surface area contributed by atoms with Gasteiger partial charge in [-0.1, -0.05) is 30.3 Å². The molecule has 126 valence electrons. The number of hydrogen-bond acceptors (Lipinski definition) is 1. The molecule has 0 amide bonds. The lowest BCUT2D eigenvalue weighted by molar-refractivity contribution is 0.627. The van der Waals surface area contributed by atoms with Crippen LogP contribution in [-0.4, -0.2) is 4.87 Å². The highest BCUT2D eigenvalue weighted by molar-refractivity contribution is 6.31. The highest BCUT2D eigenvalue weighted by atomic mass is 35.5. The van der Waals surface area contributed by atoms with E-state index in [0.29, 0.717) is 0 Å². The zero-order valence-corrected chi connectivity index (χ0v) is 15.5. The Kier molecular flexibility index (Phi) is 4.39. The zero-order chi connectivity index (χ0) is 17.6. The molecule has 2 aromatic carbocycles. The summed E-state index contributed by atoms with van der Waals surface area (Å²) in [6.07, 6.45) is 0. The van der Waals surface area contributed by atoms with E-state index in [2.05, 4.69) is 37.9 Å². The van der Waals surface area contributed by atoms with Gasteiger partial charge >= 0.3 is 0 Å². The molecule has 1 fully saturated rings. The maximum atomic E-state index is 13.4. The smallest absolute Gasteiger partial charge is 0.141 e. The molecule has 0 spiro atoms. The Bertz CT molecular complexity index is 813. The highest BCUT2D eigenvalue weighted by Gasteiger charge is 2.62. The second-order valence-corrected chi connectivity index (χ2v) is 7.95. The minimum atomic E-state index is -0.453. The second-order valence-electron chi connectivity index (χ2n) is 6.73. The molecular weight excluding hydrogens is 344 g/mol. The molecule has 1 aliphatic rings. The molecule has 1 saturated carbocycles. The van der Waals surface area contributed by atoms with E-state index in [9.17, 15) is 4.39 Å². The Morgan fingerprint density at radius 3 is 2.50 bits per heavy atom. The van der Waals surface area contributed by atoms with Crippen molar-refractivity contribution in [3.8, 4) is 0 Å². The molecular formula is C20H20Cl2FN. The number of anilines is 1. The maximum Gasteiger partial charge on any atom is 0.141 e. The lowest BCUT2D eigenvalue weighted by atomic mass is 10.1. The van der Waals surface area contributed by atoms with Crippen LogP contribution in [0.3, 0.4) is 0 Å². The molecule has 1 N–H and O–H groups in total. The van der Waals surface area contributed by atoms with Crippen LogP contribution >= 0.6 is 23.2 Å². The number of benzene rings is 2. The van der Waals surface area contributed by atoms with E-state index in [4.69, 9.17) is 23.2 Å². The van der Waals surface area contributed by atoms with Crippen molar-refractivity contribution in [1.29, 1.82) is 0 Å². The summed E-state index contributed by atoms with van der Waals surface area (Å²) in [6.45, 7) is 10.3. The van der Waals surface area contributed by atoms with E-state index >= 15 is 0 Å². The van der Waals surface area contributed by atoms with E-state index in [0.717, 1.165) is 16.9 Å². The molecule has 1 aliphatic carbocycles. The number of halogens is 3. The quantitative estimate of drug-likeness (QED) is 0.616. The van der Waals surface area contributed by atoms with E-state index in [1.807, 2.05) is 13.0 Å². The first-order chi connectivity index (χ1) is 11.2. The minimum Gasteiger partial charge on any atom is -0.359 e. The Balaban J connectivity index is 1.79. The molecule has 3 atom stereocenters.